The maximum atomic E-state index is 12.8. The fourth-order valence-corrected chi connectivity index (χ4v) is 4.37. The summed E-state index contributed by atoms with van der Waals surface area (Å²) in [4.78, 5) is 31.7. The highest BCUT2D eigenvalue weighted by molar-refractivity contribution is 6.32. The number of anilines is 2. The van der Waals surface area contributed by atoms with E-state index < -0.39 is 5.92 Å². The fraction of sp³-hybridized carbons (Fsp3) is 0.333. The lowest BCUT2D eigenvalue weighted by Crippen LogP contribution is -2.28. The lowest BCUT2D eigenvalue weighted by Gasteiger charge is -2.20. The third-order valence-corrected chi connectivity index (χ3v) is 6.52. The second-order valence-electron chi connectivity index (χ2n) is 8.38. The summed E-state index contributed by atoms with van der Waals surface area (Å²) in [7, 11) is 1.53. The highest BCUT2D eigenvalue weighted by atomic mass is 35.5. The van der Waals surface area contributed by atoms with E-state index in [1.807, 2.05) is 24.3 Å². The molecule has 5 rings (SSSR count). The Balaban J connectivity index is 1.28. The van der Waals surface area contributed by atoms with Crippen molar-refractivity contribution in [2.45, 2.75) is 31.6 Å². The molecule has 33 heavy (non-hydrogen) atoms. The predicted octanol–water partition coefficient (Wildman–Crippen LogP) is 4.66. The molecule has 1 saturated carbocycles. The average molecular weight is 467 g/mol. The van der Waals surface area contributed by atoms with Crippen LogP contribution in [-0.2, 0) is 9.59 Å². The number of nitrogens with one attached hydrogen (secondary N) is 1. The highest BCUT2D eigenvalue weighted by Crippen LogP contribution is 2.36. The molecule has 2 amide bonds. The van der Waals surface area contributed by atoms with Crippen molar-refractivity contribution in [3.05, 3.63) is 53.4 Å². The fourth-order valence-electron chi connectivity index (χ4n) is 4.11. The Labute approximate surface area is 195 Å². The van der Waals surface area contributed by atoms with E-state index in [0.29, 0.717) is 39.8 Å². The van der Waals surface area contributed by atoms with Crippen LogP contribution in [0.4, 0.5) is 11.4 Å². The topological polar surface area (TPSA) is 97.6 Å². The summed E-state index contributed by atoms with van der Waals surface area (Å²) in [6, 6.07) is 12.5. The molecule has 2 aromatic carbocycles. The number of hydrogen-bond acceptors (Lipinski definition) is 6. The Morgan fingerprint density at radius 3 is 2.82 bits per heavy atom. The minimum atomic E-state index is -0.475. The SMILES string of the molecule is COc1ccc(NC(=O)[C@H]2CC(=O)N(c3cccc(-c4noc(C5CCC5)n4)c3)C2)cc1Cl. The molecule has 1 atom stereocenters. The van der Waals surface area contributed by atoms with Gasteiger partial charge in [0.2, 0.25) is 23.5 Å². The molecule has 1 aromatic heterocycles. The number of halogens is 1. The second kappa shape index (κ2) is 8.86. The molecule has 0 radical (unpaired) electrons. The van der Waals surface area contributed by atoms with E-state index in [1.54, 1.807) is 23.1 Å². The number of carbonyl (C=O) groups is 2. The lowest BCUT2D eigenvalue weighted by atomic mass is 9.85. The first-order valence-electron chi connectivity index (χ1n) is 10.9. The second-order valence-corrected chi connectivity index (χ2v) is 8.79. The van der Waals surface area contributed by atoms with Crippen molar-refractivity contribution in [1.82, 2.24) is 10.1 Å². The van der Waals surface area contributed by atoms with Crippen LogP contribution in [0.25, 0.3) is 11.4 Å². The molecule has 2 heterocycles. The quantitative estimate of drug-likeness (QED) is 0.567. The molecule has 1 aliphatic carbocycles. The van der Waals surface area contributed by atoms with Gasteiger partial charge in [0, 0.05) is 35.8 Å². The monoisotopic (exact) mass is 466 g/mol. The van der Waals surface area contributed by atoms with Gasteiger partial charge in [-0.15, -0.1) is 0 Å². The van der Waals surface area contributed by atoms with Gasteiger partial charge in [0.15, 0.2) is 0 Å². The van der Waals surface area contributed by atoms with E-state index in [1.165, 1.54) is 13.5 Å². The molecule has 1 aliphatic heterocycles. The predicted molar refractivity (Wildman–Crippen MR) is 123 cm³/mol. The first-order chi connectivity index (χ1) is 16.0. The number of nitrogens with zero attached hydrogens (tertiary/aromatic N) is 3. The van der Waals surface area contributed by atoms with E-state index in [-0.39, 0.29) is 24.8 Å². The molecular formula is C24H23ClN4O4. The number of methoxy groups -OCH3 is 1. The molecule has 8 nitrogen and oxygen atoms in total. The number of benzene rings is 2. The summed E-state index contributed by atoms with van der Waals surface area (Å²) in [5.74, 6) is 1.25. The van der Waals surface area contributed by atoms with Gasteiger partial charge in [-0.25, -0.2) is 0 Å². The van der Waals surface area contributed by atoms with E-state index in [2.05, 4.69) is 15.5 Å². The van der Waals surface area contributed by atoms with E-state index in [4.69, 9.17) is 20.9 Å². The molecule has 170 valence electrons. The summed E-state index contributed by atoms with van der Waals surface area (Å²) < 4.78 is 10.6. The molecule has 0 bridgehead atoms. The van der Waals surface area contributed by atoms with Crippen LogP contribution in [0.5, 0.6) is 5.75 Å². The van der Waals surface area contributed by atoms with Crippen molar-refractivity contribution in [1.29, 1.82) is 0 Å². The van der Waals surface area contributed by atoms with E-state index in [9.17, 15) is 9.59 Å². The van der Waals surface area contributed by atoms with Crippen molar-refractivity contribution in [2.75, 3.05) is 23.9 Å². The third-order valence-electron chi connectivity index (χ3n) is 6.23. The summed E-state index contributed by atoms with van der Waals surface area (Å²) >= 11 is 6.14. The smallest absolute Gasteiger partial charge is 0.230 e. The van der Waals surface area contributed by atoms with Crippen molar-refractivity contribution >= 4 is 34.8 Å². The van der Waals surface area contributed by atoms with Gasteiger partial charge in [0.05, 0.1) is 18.1 Å². The zero-order valence-corrected chi connectivity index (χ0v) is 18.8. The Kier molecular flexibility index (Phi) is 5.76. The van der Waals surface area contributed by atoms with Crippen LogP contribution in [0.2, 0.25) is 5.02 Å². The van der Waals surface area contributed by atoms with Gasteiger partial charge in [-0.2, -0.15) is 4.98 Å². The summed E-state index contributed by atoms with van der Waals surface area (Å²) in [6.45, 7) is 0.289. The first kappa shape index (κ1) is 21.5. The van der Waals surface area contributed by atoms with Crippen LogP contribution >= 0.6 is 11.6 Å². The zero-order valence-electron chi connectivity index (χ0n) is 18.1. The number of rotatable bonds is 6. The van der Waals surface area contributed by atoms with Gasteiger partial charge in [0.25, 0.3) is 0 Å². The van der Waals surface area contributed by atoms with Gasteiger partial charge >= 0.3 is 0 Å². The number of carbonyl (C=O) groups excluding carboxylic acids is 2. The van der Waals surface area contributed by atoms with Gasteiger partial charge in [-0.05, 0) is 43.2 Å². The molecule has 0 spiro atoms. The molecule has 1 N–H and O–H groups in total. The number of hydrogen-bond donors (Lipinski definition) is 1. The Morgan fingerprint density at radius 1 is 1.24 bits per heavy atom. The molecule has 2 fully saturated rings. The van der Waals surface area contributed by atoms with E-state index in [0.717, 1.165) is 18.4 Å². The summed E-state index contributed by atoms with van der Waals surface area (Å²) in [5.41, 5.74) is 2.03. The standard InChI is InChI=1S/C24H23ClN4O4/c1-32-20-9-8-17(12-19(20)25)26-23(31)16-11-21(30)29(13-16)18-7-3-6-15(10-18)22-27-24(33-28-22)14-4-2-5-14/h3,6-10,12,14,16H,2,4-5,11,13H2,1H3,(H,26,31)/t16-/m0/s1. The zero-order chi connectivity index (χ0) is 22.9. The van der Waals surface area contributed by atoms with Crippen LogP contribution in [-0.4, -0.2) is 35.6 Å². The molecule has 3 aromatic rings. The van der Waals surface area contributed by atoms with Crippen molar-refractivity contribution in [3.8, 4) is 17.1 Å². The molecule has 0 unspecified atom stereocenters. The number of aromatic nitrogens is 2. The molecule has 1 saturated heterocycles. The molecule has 9 heteroatoms. The van der Waals surface area contributed by atoms with Crippen molar-refractivity contribution in [3.63, 3.8) is 0 Å². The van der Waals surface area contributed by atoms with Gasteiger partial charge in [0.1, 0.15) is 5.75 Å². The summed E-state index contributed by atoms with van der Waals surface area (Å²) in [6.07, 6.45) is 3.48. The van der Waals surface area contributed by atoms with Gasteiger partial charge in [-0.3, -0.25) is 9.59 Å². The maximum absolute atomic E-state index is 12.8. The Bertz CT molecular complexity index is 1210. The van der Waals surface area contributed by atoms with Crippen LogP contribution in [0, 0.1) is 5.92 Å². The Hall–Kier alpha value is -3.39. The maximum Gasteiger partial charge on any atom is 0.230 e. The first-order valence-corrected chi connectivity index (χ1v) is 11.3. The van der Waals surface area contributed by atoms with Crippen LogP contribution < -0.4 is 15.0 Å². The number of ether oxygens (including phenoxy) is 1. The highest BCUT2D eigenvalue weighted by Gasteiger charge is 2.35. The van der Waals surface area contributed by atoms with E-state index >= 15 is 0 Å². The number of amides is 2. The normalized spacial score (nSPS) is 18.3. The van der Waals surface area contributed by atoms with Crippen molar-refractivity contribution in [2.24, 2.45) is 5.92 Å². The van der Waals surface area contributed by atoms with Gasteiger partial charge in [-0.1, -0.05) is 35.3 Å². The van der Waals surface area contributed by atoms with Crippen LogP contribution in [0.3, 0.4) is 0 Å². The van der Waals surface area contributed by atoms with Gasteiger partial charge < -0.3 is 19.5 Å². The minimum Gasteiger partial charge on any atom is -0.495 e. The molecule has 2 aliphatic rings. The largest absolute Gasteiger partial charge is 0.495 e. The Morgan fingerprint density at radius 2 is 2.09 bits per heavy atom. The third kappa shape index (κ3) is 4.30. The molecular weight excluding hydrogens is 444 g/mol. The lowest BCUT2D eigenvalue weighted by molar-refractivity contribution is -0.122. The van der Waals surface area contributed by atoms with Crippen LogP contribution in [0.1, 0.15) is 37.5 Å². The summed E-state index contributed by atoms with van der Waals surface area (Å²) in [5, 5.41) is 7.35. The van der Waals surface area contributed by atoms with Crippen molar-refractivity contribution < 1.29 is 18.8 Å². The minimum absolute atomic E-state index is 0.108. The average Bonchev–Trinajstić information content (AvgIpc) is 3.40. The van der Waals surface area contributed by atoms with Crippen LogP contribution in [0.15, 0.2) is 47.0 Å².